The summed E-state index contributed by atoms with van der Waals surface area (Å²) in [5, 5.41) is 3.61. The van der Waals surface area contributed by atoms with Crippen molar-refractivity contribution in [3.8, 4) is 0 Å². The van der Waals surface area contributed by atoms with Crippen LogP contribution in [0.2, 0.25) is 0 Å². The molecule has 1 unspecified atom stereocenters. The van der Waals surface area contributed by atoms with Crippen molar-refractivity contribution in [2.24, 2.45) is 0 Å². The van der Waals surface area contributed by atoms with Crippen molar-refractivity contribution in [2.75, 3.05) is 19.8 Å². The second-order valence-corrected chi connectivity index (χ2v) is 5.85. The van der Waals surface area contributed by atoms with Crippen molar-refractivity contribution in [3.63, 3.8) is 0 Å². The first kappa shape index (κ1) is 18.2. The molecule has 0 amide bonds. The third-order valence-electron chi connectivity index (χ3n) is 3.88. The van der Waals surface area contributed by atoms with Crippen LogP contribution in [0.25, 0.3) is 0 Å². The number of hydrogen-bond donors (Lipinski definition) is 1. The molecule has 0 saturated carbocycles. The number of benzene rings is 1. The second-order valence-electron chi connectivity index (χ2n) is 5.85. The van der Waals surface area contributed by atoms with E-state index in [1.165, 1.54) is 43.2 Å². The highest BCUT2D eigenvalue weighted by Crippen LogP contribution is 2.18. The predicted octanol–water partition coefficient (Wildman–Crippen LogP) is 5.02. The van der Waals surface area contributed by atoms with Crippen LogP contribution in [0.5, 0.6) is 0 Å². The molecular formula is C19H33NO. The van der Waals surface area contributed by atoms with Crippen molar-refractivity contribution >= 4 is 0 Å². The van der Waals surface area contributed by atoms with Gasteiger partial charge >= 0.3 is 0 Å². The second kappa shape index (κ2) is 11.8. The third kappa shape index (κ3) is 7.63. The van der Waals surface area contributed by atoms with Crippen molar-refractivity contribution < 1.29 is 4.74 Å². The number of unbranched alkanes of at least 4 members (excludes halogenated alkanes) is 4. The van der Waals surface area contributed by atoms with E-state index in [4.69, 9.17) is 4.74 Å². The summed E-state index contributed by atoms with van der Waals surface area (Å²) in [6, 6.07) is 8.94. The minimum atomic E-state index is 0.321. The van der Waals surface area contributed by atoms with Crippen LogP contribution in [0.15, 0.2) is 24.3 Å². The number of aryl methyl sites for hydroxylation is 1. The van der Waals surface area contributed by atoms with Crippen molar-refractivity contribution in [2.45, 2.75) is 65.3 Å². The van der Waals surface area contributed by atoms with Gasteiger partial charge in [0.05, 0.1) is 12.6 Å². The summed E-state index contributed by atoms with van der Waals surface area (Å²) in [6.45, 7) is 9.34. The van der Waals surface area contributed by atoms with Crippen molar-refractivity contribution in [1.82, 2.24) is 5.32 Å². The molecule has 0 radical (unpaired) electrons. The predicted molar refractivity (Wildman–Crippen MR) is 91.8 cm³/mol. The Labute approximate surface area is 131 Å². The van der Waals surface area contributed by atoms with E-state index in [2.05, 4.69) is 50.4 Å². The Bertz CT molecular complexity index is 364. The zero-order valence-corrected chi connectivity index (χ0v) is 14.2. The fourth-order valence-corrected chi connectivity index (χ4v) is 2.56. The molecule has 0 aliphatic carbocycles. The maximum atomic E-state index is 5.92. The molecule has 0 aromatic heterocycles. The van der Waals surface area contributed by atoms with Gasteiger partial charge in [0.1, 0.15) is 0 Å². The molecule has 0 bridgehead atoms. The molecule has 0 heterocycles. The summed E-state index contributed by atoms with van der Waals surface area (Å²) in [7, 11) is 0. The SMILES string of the molecule is CCCCCCCOCC(NCCC)c1ccccc1C. The van der Waals surface area contributed by atoms with E-state index in [9.17, 15) is 0 Å². The van der Waals surface area contributed by atoms with E-state index in [-0.39, 0.29) is 0 Å². The maximum absolute atomic E-state index is 5.92. The number of hydrogen-bond acceptors (Lipinski definition) is 2. The molecule has 2 heteroatoms. The molecule has 1 atom stereocenters. The van der Waals surface area contributed by atoms with Crippen LogP contribution in [-0.4, -0.2) is 19.8 Å². The number of ether oxygens (including phenoxy) is 1. The Hall–Kier alpha value is -0.860. The molecule has 0 aliphatic rings. The van der Waals surface area contributed by atoms with Gasteiger partial charge in [-0.1, -0.05) is 63.8 Å². The lowest BCUT2D eigenvalue weighted by Gasteiger charge is -2.21. The van der Waals surface area contributed by atoms with E-state index in [0.717, 1.165) is 26.2 Å². The quantitative estimate of drug-likeness (QED) is 0.546. The van der Waals surface area contributed by atoms with Gasteiger partial charge in [-0.15, -0.1) is 0 Å². The molecule has 21 heavy (non-hydrogen) atoms. The van der Waals surface area contributed by atoms with Crippen LogP contribution >= 0.6 is 0 Å². The van der Waals surface area contributed by atoms with E-state index in [1.807, 2.05) is 0 Å². The summed E-state index contributed by atoms with van der Waals surface area (Å²) < 4.78 is 5.92. The van der Waals surface area contributed by atoms with E-state index < -0.39 is 0 Å². The standard InChI is InChI=1S/C19H33NO/c1-4-6-7-8-11-15-21-16-19(20-14-5-2)18-13-10-9-12-17(18)3/h9-10,12-13,19-20H,4-8,11,14-16H2,1-3H3. The van der Waals surface area contributed by atoms with E-state index in [0.29, 0.717) is 6.04 Å². The molecule has 1 N–H and O–H groups in total. The zero-order valence-electron chi connectivity index (χ0n) is 14.2. The largest absolute Gasteiger partial charge is 0.379 e. The Kier molecular flexibility index (Phi) is 10.2. The van der Waals surface area contributed by atoms with Crippen molar-refractivity contribution in [3.05, 3.63) is 35.4 Å². The molecule has 2 nitrogen and oxygen atoms in total. The third-order valence-corrected chi connectivity index (χ3v) is 3.88. The van der Waals surface area contributed by atoms with Crippen LogP contribution in [-0.2, 0) is 4.74 Å². The van der Waals surface area contributed by atoms with E-state index >= 15 is 0 Å². The van der Waals surface area contributed by atoms with Gasteiger partial charge in [-0.3, -0.25) is 0 Å². The highest BCUT2D eigenvalue weighted by Gasteiger charge is 2.12. The smallest absolute Gasteiger partial charge is 0.0661 e. The highest BCUT2D eigenvalue weighted by atomic mass is 16.5. The summed E-state index contributed by atoms with van der Waals surface area (Å²) in [5.74, 6) is 0. The molecular weight excluding hydrogens is 258 g/mol. The normalized spacial score (nSPS) is 12.5. The van der Waals surface area contributed by atoms with Gasteiger partial charge in [-0.05, 0) is 37.4 Å². The monoisotopic (exact) mass is 291 g/mol. The van der Waals surface area contributed by atoms with Crippen LogP contribution in [0.3, 0.4) is 0 Å². The highest BCUT2D eigenvalue weighted by molar-refractivity contribution is 5.28. The van der Waals surface area contributed by atoms with Crippen LogP contribution in [0.4, 0.5) is 0 Å². The van der Waals surface area contributed by atoms with Gasteiger partial charge in [0.2, 0.25) is 0 Å². The first-order valence-corrected chi connectivity index (χ1v) is 8.66. The Morgan fingerprint density at radius 1 is 1.00 bits per heavy atom. The molecule has 1 aromatic carbocycles. The lowest BCUT2D eigenvalue weighted by Crippen LogP contribution is -2.27. The summed E-state index contributed by atoms with van der Waals surface area (Å²) in [5.41, 5.74) is 2.72. The summed E-state index contributed by atoms with van der Waals surface area (Å²) in [4.78, 5) is 0. The summed E-state index contributed by atoms with van der Waals surface area (Å²) >= 11 is 0. The van der Waals surface area contributed by atoms with Crippen LogP contribution in [0, 0.1) is 6.92 Å². The van der Waals surface area contributed by atoms with Gasteiger partial charge in [0.25, 0.3) is 0 Å². The Morgan fingerprint density at radius 3 is 2.48 bits per heavy atom. The molecule has 0 aliphatic heterocycles. The first-order chi connectivity index (χ1) is 10.3. The van der Waals surface area contributed by atoms with Gasteiger partial charge in [0.15, 0.2) is 0 Å². The lowest BCUT2D eigenvalue weighted by atomic mass is 10.0. The van der Waals surface area contributed by atoms with Crippen molar-refractivity contribution in [1.29, 1.82) is 0 Å². The number of nitrogens with one attached hydrogen (secondary N) is 1. The molecule has 1 rings (SSSR count). The molecule has 0 fully saturated rings. The molecule has 120 valence electrons. The maximum Gasteiger partial charge on any atom is 0.0661 e. The number of rotatable bonds is 12. The van der Waals surface area contributed by atoms with Gasteiger partial charge in [-0.25, -0.2) is 0 Å². The summed E-state index contributed by atoms with van der Waals surface area (Å²) in [6.07, 6.45) is 7.63. The van der Waals surface area contributed by atoms with Crippen LogP contribution in [0.1, 0.15) is 69.5 Å². The van der Waals surface area contributed by atoms with Gasteiger partial charge < -0.3 is 10.1 Å². The van der Waals surface area contributed by atoms with Crippen LogP contribution < -0.4 is 5.32 Å². The van der Waals surface area contributed by atoms with Gasteiger partial charge in [0, 0.05) is 6.61 Å². The average Bonchev–Trinajstić information content (AvgIpc) is 2.50. The van der Waals surface area contributed by atoms with Gasteiger partial charge in [-0.2, -0.15) is 0 Å². The Morgan fingerprint density at radius 2 is 1.76 bits per heavy atom. The fourth-order valence-electron chi connectivity index (χ4n) is 2.56. The zero-order chi connectivity index (χ0) is 15.3. The topological polar surface area (TPSA) is 21.3 Å². The average molecular weight is 291 g/mol. The Balaban J connectivity index is 2.35. The first-order valence-electron chi connectivity index (χ1n) is 8.66. The minimum absolute atomic E-state index is 0.321. The fraction of sp³-hybridized carbons (Fsp3) is 0.684. The lowest BCUT2D eigenvalue weighted by molar-refractivity contribution is 0.107. The molecule has 0 spiro atoms. The minimum Gasteiger partial charge on any atom is -0.379 e. The van der Waals surface area contributed by atoms with E-state index in [1.54, 1.807) is 0 Å². The molecule has 0 saturated heterocycles. The molecule has 1 aromatic rings.